The minimum atomic E-state index is -0.626. The fourth-order valence-electron chi connectivity index (χ4n) is 6.13. The Morgan fingerprint density at radius 1 is 1.06 bits per heavy atom. The number of ether oxygens (including phenoxy) is 1. The van der Waals surface area contributed by atoms with Gasteiger partial charge in [0.1, 0.15) is 23.7 Å². The molecule has 1 saturated carbocycles. The van der Waals surface area contributed by atoms with Crippen molar-refractivity contribution in [2.75, 3.05) is 13.1 Å². The number of hydrogen-bond donors (Lipinski definition) is 1. The van der Waals surface area contributed by atoms with E-state index < -0.39 is 11.9 Å². The topological polar surface area (TPSA) is 91.8 Å². The first kappa shape index (κ1) is 23.1. The lowest BCUT2D eigenvalue weighted by Gasteiger charge is -2.48. The number of nitrogens with one attached hydrogen (secondary N) is 1. The van der Waals surface area contributed by atoms with Crippen molar-refractivity contribution < 1.29 is 23.5 Å². The predicted molar refractivity (Wildman–Crippen MR) is 128 cm³/mol. The molecule has 1 aliphatic carbocycles. The van der Waals surface area contributed by atoms with Crippen LogP contribution in [0.2, 0.25) is 0 Å². The summed E-state index contributed by atoms with van der Waals surface area (Å²) in [6.45, 7) is 1.95. The Hall–Kier alpha value is -3.33. The maximum absolute atomic E-state index is 14.1. The van der Waals surface area contributed by atoms with Gasteiger partial charge in [0.25, 0.3) is 5.91 Å². The Kier molecular flexibility index (Phi) is 5.95. The van der Waals surface area contributed by atoms with Crippen molar-refractivity contribution >= 4 is 17.7 Å². The summed E-state index contributed by atoms with van der Waals surface area (Å²) in [4.78, 5) is 44.6. The van der Waals surface area contributed by atoms with Crippen molar-refractivity contribution in [2.24, 2.45) is 0 Å². The molecule has 188 valence electrons. The second-order valence-corrected chi connectivity index (χ2v) is 10.3. The standard InChI is InChI=1S/C27H29FN4O4/c28-21-12-29-10-9-19(21)17-13-31(14-17)22-3-1-2-4-24(22)36-18-5-6-20-16(11-18)15-32(27(20)35)23-7-8-25(33)30-26(23)34/h5-6,9-12,17,22-24H,1-4,7-8,13-15H2,(H,30,33,34)/t22-,23+,24-/m0/s1. The Morgan fingerprint density at radius 2 is 1.89 bits per heavy atom. The van der Waals surface area contributed by atoms with Crippen LogP contribution >= 0.6 is 0 Å². The van der Waals surface area contributed by atoms with Crippen LogP contribution in [0.4, 0.5) is 4.39 Å². The molecule has 6 rings (SSSR count). The molecule has 3 amide bonds. The number of piperidine rings is 1. The van der Waals surface area contributed by atoms with Gasteiger partial charge in [-0.25, -0.2) is 4.39 Å². The lowest BCUT2D eigenvalue weighted by molar-refractivity contribution is -0.136. The van der Waals surface area contributed by atoms with Crippen LogP contribution in [0.5, 0.6) is 5.75 Å². The first-order valence-corrected chi connectivity index (χ1v) is 12.8. The van der Waals surface area contributed by atoms with E-state index in [9.17, 15) is 18.8 Å². The maximum atomic E-state index is 14.1. The Labute approximate surface area is 208 Å². The van der Waals surface area contributed by atoms with Gasteiger partial charge in [-0.05, 0) is 61.1 Å². The van der Waals surface area contributed by atoms with E-state index in [0.717, 1.165) is 55.6 Å². The molecule has 0 bridgehead atoms. The van der Waals surface area contributed by atoms with E-state index in [4.69, 9.17) is 4.74 Å². The molecule has 3 aliphatic heterocycles. The predicted octanol–water partition coefficient (Wildman–Crippen LogP) is 2.77. The van der Waals surface area contributed by atoms with Gasteiger partial charge < -0.3 is 9.64 Å². The quantitative estimate of drug-likeness (QED) is 0.646. The minimum absolute atomic E-state index is 0.0309. The molecule has 8 nitrogen and oxygen atoms in total. The monoisotopic (exact) mass is 492 g/mol. The van der Waals surface area contributed by atoms with Gasteiger partial charge in [-0.3, -0.25) is 29.6 Å². The molecule has 0 unspecified atom stereocenters. The lowest BCUT2D eigenvalue weighted by Crippen LogP contribution is -2.57. The van der Waals surface area contributed by atoms with Crippen molar-refractivity contribution in [1.82, 2.24) is 20.1 Å². The highest BCUT2D eigenvalue weighted by molar-refractivity contribution is 6.05. The second kappa shape index (κ2) is 9.28. The normalized spacial score (nSPS) is 27.0. The van der Waals surface area contributed by atoms with Crippen LogP contribution in [0.15, 0.2) is 36.7 Å². The summed E-state index contributed by atoms with van der Waals surface area (Å²) in [5.74, 6) is -0.221. The molecule has 0 radical (unpaired) electrons. The Balaban J connectivity index is 1.12. The van der Waals surface area contributed by atoms with Crippen LogP contribution in [0.25, 0.3) is 0 Å². The summed E-state index contributed by atoms with van der Waals surface area (Å²) in [7, 11) is 0. The minimum Gasteiger partial charge on any atom is -0.489 e. The summed E-state index contributed by atoms with van der Waals surface area (Å²) in [6.07, 6.45) is 7.79. The van der Waals surface area contributed by atoms with Crippen molar-refractivity contribution in [3.05, 3.63) is 59.2 Å². The van der Waals surface area contributed by atoms with E-state index in [1.54, 1.807) is 23.2 Å². The van der Waals surface area contributed by atoms with Crippen LogP contribution < -0.4 is 10.1 Å². The maximum Gasteiger partial charge on any atom is 0.255 e. The number of pyridine rings is 1. The summed E-state index contributed by atoms with van der Waals surface area (Å²) >= 11 is 0. The van der Waals surface area contributed by atoms with Crippen LogP contribution in [0, 0.1) is 5.82 Å². The summed E-state index contributed by atoms with van der Waals surface area (Å²) < 4.78 is 20.6. The number of likely N-dealkylation sites (tertiary alicyclic amines) is 1. The smallest absolute Gasteiger partial charge is 0.255 e. The van der Waals surface area contributed by atoms with Crippen molar-refractivity contribution in [1.29, 1.82) is 0 Å². The van der Waals surface area contributed by atoms with Crippen molar-refractivity contribution in [3.63, 3.8) is 0 Å². The van der Waals surface area contributed by atoms with E-state index in [0.29, 0.717) is 18.5 Å². The Morgan fingerprint density at radius 3 is 2.69 bits per heavy atom. The molecule has 1 aromatic carbocycles. The number of aromatic nitrogens is 1. The highest BCUT2D eigenvalue weighted by atomic mass is 19.1. The largest absolute Gasteiger partial charge is 0.489 e. The van der Waals surface area contributed by atoms with Gasteiger partial charge in [-0.15, -0.1) is 0 Å². The number of fused-ring (bicyclic) bond motifs is 1. The molecule has 9 heteroatoms. The van der Waals surface area contributed by atoms with E-state index in [1.807, 2.05) is 12.1 Å². The van der Waals surface area contributed by atoms with Crippen molar-refractivity contribution in [3.8, 4) is 5.75 Å². The number of nitrogens with zero attached hydrogens (tertiary/aromatic N) is 3. The molecule has 0 spiro atoms. The van der Waals surface area contributed by atoms with E-state index in [1.165, 1.54) is 6.20 Å². The highest BCUT2D eigenvalue weighted by Gasteiger charge is 2.41. The van der Waals surface area contributed by atoms with Gasteiger partial charge in [-0.2, -0.15) is 0 Å². The average molecular weight is 493 g/mol. The lowest BCUT2D eigenvalue weighted by atomic mass is 9.84. The second-order valence-electron chi connectivity index (χ2n) is 10.3. The fraction of sp³-hybridized carbons (Fsp3) is 0.481. The fourth-order valence-corrected chi connectivity index (χ4v) is 6.13. The molecule has 4 aliphatic rings. The number of rotatable bonds is 5. The van der Waals surface area contributed by atoms with E-state index >= 15 is 0 Å². The van der Waals surface area contributed by atoms with Gasteiger partial charge in [0.15, 0.2) is 0 Å². The molecule has 2 aromatic rings. The zero-order chi connectivity index (χ0) is 24.8. The van der Waals surface area contributed by atoms with Crippen LogP contribution in [0.3, 0.4) is 0 Å². The number of amides is 3. The first-order valence-electron chi connectivity index (χ1n) is 12.8. The first-order chi connectivity index (χ1) is 17.5. The summed E-state index contributed by atoms with van der Waals surface area (Å²) in [5, 5.41) is 2.34. The van der Waals surface area contributed by atoms with Crippen LogP contribution in [-0.2, 0) is 16.1 Å². The van der Waals surface area contributed by atoms with E-state index in [2.05, 4.69) is 15.2 Å². The number of halogens is 1. The highest BCUT2D eigenvalue weighted by Crippen LogP contribution is 2.37. The number of carbonyl (C=O) groups is 3. The van der Waals surface area contributed by atoms with Crippen LogP contribution in [0.1, 0.15) is 65.9 Å². The van der Waals surface area contributed by atoms with Gasteiger partial charge in [0.2, 0.25) is 11.8 Å². The van der Waals surface area contributed by atoms with E-state index in [-0.39, 0.29) is 42.1 Å². The van der Waals surface area contributed by atoms with Gasteiger partial charge in [0, 0.05) is 49.8 Å². The van der Waals surface area contributed by atoms with Crippen LogP contribution in [-0.4, -0.2) is 63.8 Å². The molecule has 3 atom stereocenters. The molecule has 36 heavy (non-hydrogen) atoms. The van der Waals surface area contributed by atoms with Crippen molar-refractivity contribution in [2.45, 2.75) is 69.2 Å². The number of benzene rings is 1. The Bertz CT molecular complexity index is 1210. The zero-order valence-corrected chi connectivity index (χ0v) is 20.0. The molecule has 1 N–H and O–H groups in total. The molecule has 3 fully saturated rings. The van der Waals surface area contributed by atoms with Gasteiger partial charge in [-0.1, -0.05) is 6.42 Å². The molecule has 1 aromatic heterocycles. The molecule has 2 saturated heterocycles. The third kappa shape index (κ3) is 4.15. The SMILES string of the molecule is O=C1CC[C@@H](N2Cc3cc(O[C@H]4CCCC[C@@H]4N4CC(c5ccncc5F)C4)ccc3C2=O)C(=O)N1. The van der Waals surface area contributed by atoms with Gasteiger partial charge in [0.05, 0.1) is 6.20 Å². The number of carbonyl (C=O) groups excluding carboxylic acids is 3. The average Bonchev–Trinajstić information content (AvgIpc) is 3.16. The summed E-state index contributed by atoms with van der Waals surface area (Å²) in [6, 6.07) is 6.95. The molecular formula is C27H29FN4O4. The number of hydrogen-bond acceptors (Lipinski definition) is 6. The molecular weight excluding hydrogens is 463 g/mol. The third-order valence-corrected chi connectivity index (χ3v) is 8.07. The summed E-state index contributed by atoms with van der Waals surface area (Å²) in [5.41, 5.74) is 2.15. The zero-order valence-electron chi connectivity index (χ0n) is 20.0. The molecule has 4 heterocycles. The van der Waals surface area contributed by atoms with Gasteiger partial charge >= 0.3 is 0 Å². The number of imide groups is 1. The third-order valence-electron chi connectivity index (χ3n) is 8.07.